The van der Waals surface area contributed by atoms with Gasteiger partial charge in [-0.05, 0) is 43.5 Å². The zero-order chi connectivity index (χ0) is 15.1. The van der Waals surface area contributed by atoms with Gasteiger partial charge in [-0.3, -0.25) is 0 Å². The lowest BCUT2D eigenvalue weighted by molar-refractivity contribution is 0.0902. The second-order valence-electron chi connectivity index (χ2n) is 6.05. The van der Waals surface area contributed by atoms with Crippen LogP contribution in [0, 0.1) is 11.7 Å². The molecule has 1 N–H and O–H groups in total. The van der Waals surface area contributed by atoms with Crippen LogP contribution < -0.4 is 10.1 Å². The number of halogens is 1. The van der Waals surface area contributed by atoms with Crippen LogP contribution in [-0.2, 0) is 11.3 Å². The van der Waals surface area contributed by atoms with Gasteiger partial charge in [-0.2, -0.15) is 0 Å². The summed E-state index contributed by atoms with van der Waals surface area (Å²) in [5, 5.41) is 3.33. The summed E-state index contributed by atoms with van der Waals surface area (Å²) in [5.41, 5.74) is 0.878. The second kappa shape index (κ2) is 8.35. The number of nitrogens with one attached hydrogen (secondary N) is 1. The van der Waals surface area contributed by atoms with Crippen molar-refractivity contribution in [2.45, 2.75) is 45.8 Å². The van der Waals surface area contributed by atoms with Crippen LogP contribution in [0.25, 0.3) is 0 Å². The molecule has 0 aromatic heterocycles. The van der Waals surface area contributed by atoms with Crippen molar-refractivity contribution in [3.05, 3.63) is 29.6 Å². The van der Waals surface area contributed by atoms with Gasteiger partial charge in [-0.1, -0.05) is 13.8 Å². The van der Waals surface area contributed by atoms with Crippen LogP contribution >= 0.6 is 0 Å². The summed E-state index contributed by atoms with van der Waals surface area (Å²) < 4.78 is 24.8. The average molecular weight is 295 g/mol. The maximum Gasteiger partial charge on any atom is 0.123 e. The summed E-state index contributed by atoms with van der Waals surface area (Å²) in [6.07, 6.45) is 3.49. The molecule has 1 aromatic rings. The number of rotatable bonds is 8. The van der Waals surface area contributed by atoms with E-state index in [9.17, 15) is 4.39 Å². The number of hydrogen-bond acceptors (Lipinski definition) is 3. The van der Waals surface area contributed by atoms with Crippen molar-refractivity contribution in [1.82, 2.24) is 5.32 Å². The number of ether oxygens (including phenoxy) is 2. The molecular weight excluding hydrogens is 269 g/mol. The summed E-state index contributed by atoms with van der Waals surface area (Å²) in [6, 6.07) is 4.72. The minimum Gasteiger partial charge on any atom is -0.493 e. The summed E-state index contributed by atoms with van der Waals surface area (Å²) in [6.45, 7) is 7.32. The number of hydrogen-bond donors (Lipinski definition) is 1. The Kier molecular flexibility index (Phi) is 6.46. The zero-order valence-electron chi connectivity index (χ0n) is 13.0. The molecule has 0 amide bonds. The van der Waals surface area contributed by atoms with Crippen LogP contribution in [0.4, 0.5) is 4.39 Å². The topological polar surface area (TPSA) is 30.5 Å². The van der Waals surface area contributed by atoms with E-state index < -0.39 is 0 Å². The Morgan fingerprint density at radius 2 is 2.29 bits per heavy atom. The quantitative estimate of drug-likeness (QED) is 0.796. The molecular formula is C17H26FNO2. The minimum atomic E-state index is -0.220. The summed E-state index contributed by atoms with van der Waals surface area (Å²) >= 11 is 0. The fourth-order valence-electron chi connectivity index (χ4n) is 2.49. The smallest absolute Gasteiger partial charge is 0.123 e. The fraction of sp³-hybridized carbons (Fsp3) is 0.647. The standard InChI is InChI=1S/C17H26FNO2/c1-13(2)11-19-12-14-10-15(18)5-6-17(14)21-9-7-16-4-3-8-20-16/h5-6,10,13,16,19H,3-4,7-9,11-12H2,1-2H3. The van der Waals surface area contributed by atoms with E-state index >= 15 is 0 Å². The maximum atomic E-state index is 13.4. The van der Waals surface area contributed by atoms with Crippen LogP contribution in [0.3, 0.4) is 0 Å². The van der Waals surface area contributed by atoms with Crippen LogP contribution in [0.5, 0.6) is 5.75 Å². The van der Waals surface area contributed by atoms with Gasteiger partial charge in [0.05, 0.1) is 12.7 Å². The average Bonchev–Trinajstić information content (AvgIpc) is 2.94. The summed E-state index contributed by atoms with van der Waals surface area (Å²) in [5.74, 6) is 1.12. The van der Waals surface area contributed by atoms with E-state index in [1.165, 1.54) is 6.07 Å². The van der Waals surface area contributed by atoms with Gasteiger partial charge in [0.1, 0.15) is 11.6 Å². The van der Waals surface area contributed by atoms with Gasteiger partial charge in [0.2, 0.25) is 0 Å². The third kappa shape index (κ3) is 5.64. The maximum absolute atomic E-state index is 13.4. The van der Waals surface area contributed by atoms with Crippen molar-refractivity contribution in [2.24, 2.45) is 5.92 Å². The Hall–Kier alpha value is -1.13. The molecule has 0 saturated carbocycles. The number of benzene rings is 1. The minimum absolute atomic E-state index is 0.220. The molecule has 21 heavy (non-hydrogen) atoms. The SMILES string of the molecule is CC(C)CNCc1cc(F)ccc1OCCC1CCCO1. The van der Waals surface area contributed by atoms with Gasteiger partial charge in [0, 0.05) is 25.1 Å². The molecule has 1 saturated heterocycles. The Labute approximate surface area is 126 Å². The Morgan fingerprint density at radius 1 is 1.43 bits per heavy atom. The molecule has 1 fully saturated rings. The molecule has 1 atom stereocenters. The molecule has 0 bridgehead atoms. The largest absolute Gasteiger partial charge is 0.493 e. The van der Waals surface area contributed by atoms with Crippen LogP contribution in [0.15, 0.2) is 18.2 Å². The van der Waals surface area contributed by atoms with Crippen molar-refractivity contribution in [1.29, 1.82) is 0 Å². The Bertz CT molecular complexity index is 431. The molecule has 1 aliphatic rings. The van der Waals surface area contributed by atoms with E-state index in [4.69, 9.17) is 9.47 Å². The molecule has 118 valence electrons. The lowest BCUT2D eigenvalue weighted by Gasteiger charge is -2.15. The first kappa shape index (κ1) is 16.2. The predicted molar refractivity (Wildman–Crippen MR) is 82.0 cm³/mol. The normalized spacial score (nSPS) is 18.4. The lowest BCUT2D eigenvalue weighted by atomic mass is 10.1. The van der Waals surface area contributed by atoms with Gasteiger partial charge in [0.25, 0.3) is 0 Å². The van der Waals surface area contributed by atoms with Crippen LogP contribution in [-0.4, -0.2) is 25.9 Å². The molecule has 1 unspecified atom stereocenters. The van der Waals surface area contributed by atoms with Crippen LogP contribution in [0.1, 0.15) is 38.7 Å². The first-order valence-electron chi connectivity index (χ1n) is 7.88. The second-order valence-corrected chi connectivity index (χ2v) is 6.05. The molecule has 2 rings (SSSR count). The van der Waals surface area contributed by atoms with Crippen molar-refractivity contribution >= 4 is 0 Å². The van der Waals surface area contributed by atoms with Crippen molar-refractivity contribution in [3.8, 4) is 5.75 Å². The molecule has 1 heterocycles. The van der Waals surface area contributed by atoms with E-state index in [0.29, 0.717) is 25.2 Å². The molecule has 0 radical (unpaired) electrons. The molecule has 0 spiro atoms. The highest BCUT2D eigenvalue weighted by atomic mass is 19.1. The molecule has 1 aliphatic heterocycles. The van der Waals surface area contributed by atoms with Crippen molar-refractivity contribution in [2.75, 3.05) is 19.8 Å². The monoisotopic (exact) mass is 295 g/mol. The zero-order valence-corrected chi connectivity index (χ0v) is 13.0. The highest BCUT2D eigenvalue weighted by Crippen LogP contribution is 2.21. The first-order chi connectivity index (χ1) is 10.1. The van der Waals surface area contributed by atoms with Crippen LogP contribution in [0.2, 0.25) is 0 Å². The van der Waals surface area contributed by atoms with Gasteiger partial charge in [-0.15, -0.1) is 0 Å². The van der Waals surface area contributed by atoms with Gasteiger partial charge < -0.3 is 14.8 Å². The van der Waals surface area contributed by atoms with Gasteiger partial charge in [-0.25, -0.2) is 4.39 Å². The lowest BCUT2D eigenvalue weighted by Crippen LogP contribution is -2.20. The highest BCUT2D eigenvalue weighted by molar-refractivity contribution is 5.33. The molecule has 1 aromatic carbocycles. The summed E-state index contributed by atoms with van der Waals surface area (Å²) in [4.78, 5) is 0. The van der Waals surface area contributed by atoms with Gasteiger partial charge in [0.15, 0.2) is 0 Å². The van der Waals surface area contributed by atoms with Gasteiger partial charge >= 0.3 is 0 Å². The third-order valence-corrected chi connectivity index (χ3v) is 3.61. The highest BCUT2D eigenvalue weighted by Gasteiger charge is 2.15. The fourth-order valence-corrected chi connectivity index (χ4v) is 2.49. The summed E-state index contributed by atoms with van der Waals surface area (Å²) in [7, 11) is 0. The van der Waals surface area contributed by atoms with Crippen molar-refractivity contribution < 1.29 is 13.9 Å². The van der Waals surface area contributed by atoms with E-state index in [1.54, 1.807) is 12.1 Å². The molecule has 3 nitrogen and oxygen atoms in total. The van der Waals surface area contributed by atoms with E-state index in [-0.39, 0.29) is 5.82 Å². The Balaban J connectivity index is 1.84. The molecule has 0 aliphatic carbocycles. The van der Waals surface area contributed by atoms with E-state index in [0.717, 1.165) is 43.7 Å². The predicted octanol–water partition coefficient (Wildman–Crippen LogP) is 3.52. The first-order valence-corrected chi connectivity index (χ1v) is 7.88. The van der Waals surface area contributed by atoms with Crippen molar-refractivity contribution in [3.63, 3.8) is 0 Å². The Morgan fingerprint density at radius 3 is 3.00 bits per heavy atom. The van der Waals surface area contributed by atoms with E-state index in [2.05, 4.69) is 19.2 Å². The molecule has 4 heteroatoms. The van der Waals surface area contributed by atoms with E-state index in [1.807, 2.05) is 0 Å². The third-order valence-electron chi connectivity index (χ3n) is 3.61.